The minimum Gasteiger partial charge on any atom is -0.462 e. The molecular weight excluding hydrogens is 1050 g/mol. The van der Waals surface area contributed by atoms with E-state index >= 15 is 0 Å². The zero-order valence-electron chi connectivity index (χ0n) is 53.7. The summed E-state index contributed by atoms with van der Waals surface area (Å²) in [6.45, 7) is 3.55. The first-order chi connectivity index (χ1) is 40.8. The highest BCUT2D eigenvalue weighted by atomic mass is 31.2. The van der Waals surface area contributed by atoms with Crippen molar-refractivity contribution in [2.45, 2.75) is 315 Å². The van der Waals surface area contributed by atoms with E-state index in [1.165, 1.54) is 180 Å². The fourth-order valence-corrected chi connectivity index (χ4v) is 10.4. The summed E-state index contributed by atoms with van der Waals surface area (Å²) in [5, 5.41) is 0. The number of allylic oxidation sites excluding steroid dienone is 18. The number of phosphoric ester groups is 1. The number of nitrogens with two attached hydrogens (primary N) is 1. The Kier molecular flexibility index (Phi) is 65.1. The van der Waals surface area contributed by atoms with Crippen LogP contribution in [0.4, 0.5) is 0 Å². The van der Waals surface area contributed by atoms with Gasteiger partial charge in [-0.05, 0) is 96.3 Å². The number of ether oxygens (including phenoxy) is 2. The van der Waals surface area contributed by atoms with Gasteiger partial charge in [0, 0.05) is 19.4 Å². The Balaban J connectivity index is 3.86. The minimum atomic E-state index is -4.40. The van der Waals surface area contributed by atoms with Gasteiger partial charge < -0.3 is 20.1 Å². The Morgan fingerprint density at radius 3 is 0.928 bits per heavy atom. The fraction of sp³-hybridized carbons (Fsp3) is 0.726. The smallest absolute Gasteiger partial charge is 0.462 e. The van der Waals surface area contributed by atoms with Crippen molar-refractivity contribution in [3.8, 4) is 0 Å². The van der Waals surface area contributed by atoms with Crippen molar-refractivity contribution in [1.29, 1.82) is 0 Å². The van der Waals surface area contributed by atoms with E-state index in [-0.39, 0.29) is 38.6 Å². The summed E-state index contributed by atoms with van der Waals surface area (Å²) < 4.78 is 33.2. The highest BCUT2D eigenvalue weighted by Crippen LogP contribution is 2.43. The number of phosphoric acid groups is 1. The molecule has 0 aliphatic carbocycles. The highest BCUT2D eigenvalue weighted by molar-refractivity contribution is 7.47. The van der Waals surface area contributed by atoms with Crippen LogP contribution in [0.2, 0.25) is 0 Å². The summed E-state index contributed by atoms with van der Waals surface area (Å²) in [6, 6.07) is 0. The fourth-order valence-electron chi connectivity index (χ4n) is 9.66. The summed E-state index contributed by atoms with van der Waals surface area (Å²) in [5.41, 5.74) is 5.40. The number of unbranched alkanes of at least 4 members (excludes halogenated alkanes) is 33. The van der Waals surface area contributed by atoms with Crippen molar-refractivity contribution in [2.24, 2.45) is 5.73 Å². The molecule has 0 radical (unpaired) electrons. The van der Waals surface area contributed by atoms with Crippen LogP contribution in [0.3, 0.4) is 0 Å². The third-order valence-electron chi connectivity index (χ3n) is 14.7. The number of carbonyl (C=O) groups is 2. The van der Waals surface area contributed by atoms with Crippen LogP contribution in [-0.2, 0) is 32.7 Å². The number of hydrogen-bond donors (Lipinski definition) is 2. The Morgan fingerprint density at radius 1 is 0.361 bits per heavy atom. The summed E-state index contributed by atoms with van der Waals surface area (Å²) >= 11 is 0. The molecule has 83 heavy (non-hydrogen) atoms. The average molecular weight is 1180 g/mol. The van der Waals surface area contributed by atoms with Gasteiger partial charge in [-0.15, -0.1) is 0 Å². The first kappa shape index (κ1) is 79.7. The monoisotopic (exact) mass is 1180 g/mol. The summed E-state index contributed by atoms with van der Waals surface area (Å²) in [4.78, 5) is 35.4. The molecule has 0 saturated carbocycles. The quantitative estimate of drug-likeness (QED) is 0.0264. The lowest BCUT2D eigenvalue weighted by Crippen LogP contribution is -2.29. The Hall–Kier alpha value is -3.33. The van der Waals surface area contributed by atoms with E-state index in [9.17, 15) is 19.0 Å². The van der Waals surface area contributed by atoms with Gasteiger partial charge in [-0.3, -0.25) is 18.6 Å². The molecule has 10 heteroatoms. The van der Waals surface area contributed by atoms with Gasteiger partial charge in [-0.25, -0.2) is 4.57 Å². The van der Waals surface area contributed by atoms with Gasteiger partial charge >= 0.3 is 19.8 Å². The van der Waals surface area contributed by atoms with E-state index in [1.807, 2.05) is 0 Å². The number of rotatable bonds is 64. The maximum absolute atomic E-state index is 12.8. The molecule has 0 rings (SSSR count). The third-order valence-corrected chi connectivity index (χ3v) is 15.6. The maximum Gasteiger partial charge on any atom is 0.472 e. The SMILES string of the molecule is CC/C=C\C/C=C\C/C=C\C/C=C\C/C=C\CCCCCCCCCCCCCCCCCCCCCC(=O)OC(COC(=O)CCCCCCCCCCCCCCCC/C=C\C/C=C\C/C=C\C/C=C\CC)COP(=O)(O)OCCN. The van der Waals surface area contributed by atoms with Gasteiger partial charge in [0.25, 0.3) is 0 Å². The zero-order valence-corrected chi connectivity index (χ0v) is 54.5. The highest BCUT2D eigenvalue weighted by Gasteiger charge is 2.26. The molecule has 0 spiro atoms. The molecule has 0 amide bonds. The molecule has 0 fully saturated rings. The second-order valence-corrected chi connectivity index (χ2v) is 24.1. The average Bonchev–Trinajstić information content (AvgIpc) is 3.48. The molecule has 3 N–H and O–H groups in total. The van der Waals surface area contributed by atoms with E-state index in [1.54, 1.807) is 0 Å². The molecule has 0 bridgehead atoms. The molecule has 0 saturated heterocycles. The lowest BCUT2D eigenvalue weighted by atomic mass is 10.0. The van der Waals surface area contributed by atoms with Gasteiger partial charge in [0.1, 0.15) is 6.61 Å². The predicted molar refractivity (Wildman–Crippen MR) is 358 cm³/mol. The van der Waals surface area contributed by atoms with E-state index in [2.05, 4.69) is 123 Å². The number of esters is 2. The first-order valence-corrected chi connectivity index (χ1v) is 35.9. The second-order valence-electron chi connectivity index (χ2n) is 22.6. The molecule has 0 aliphatic heterocycles. The van der Waals surface area contributed by atoms with E-state index < -0.39 is 26.5 Å². The van der Waals surface area contributed by atoms with Crippen molar-refractivity contribution < 1.29 is 37.6 Å². The molecular formula is C73H128NO8P. The molecule has 2 unspecified atom stereocenters. The maximum atomic E-state index is 12.8. The summed E-state index contributed by atoms with van der Waals surface area (Å²) in [6.07, 6.45) is 93.2. The van der Waals surface area contributed by atoms with Crippen LogP contribution in [0.15, 0.2) is 109 Å². The summed E-state index contributed by atoms with van der Waals surface area (Å²) in [5.74, 6) is -0.820. The third kappa shape index (κ3) is 67.7. The van der Waals surface area contributed by atoms with Crippen LogP contribution < -0.4 is 5.73 Å². The van der Waals surface area contributed by atoms with Crippen molar-refractivity contribution in [2.75, 3.05) is 26.4 Å². The van der Waals surface area contributed by atoms with Crippen LogP contribution in [0, 0.1) is 0 Å². The van der Waals surface area contributed by atoms with Crippen molar-refractivity contribution in [3.63, 3.8) is 0 Å². The number of hydrogen-bond acceptors (Lipinski definition) is 8. The first-order valence-electron chi connectivity index (χ1n) is 34.4. The standard InChI is InChI=1S/C73H128NO8P/c1-3-5-7-9-11-13-15-17-19-21-23-25-27-29-31-32-33-34-35-36-37-38-40-42-44-46-48-50-52-54-56-58-60-62-64-66-73(76)82-71(70-81-83(77,78)80-68-67-74)69-79-72(75)65-63-61-59-57-55-53-51-49-47-45-43-41-39-30-28-26-24-22-20-18-16-14-12-10-8-6-4-2/h5-8,11-14,17-20,23-26,29,31,71H,3-4,9-10,15-16,21-22,27-28,30,32-70,74H2,1-2H3,(H,77,78)/b7-5-,8-6-,13-11-,14-12-,19-17-,20-18-,25-23-,26-24-,31-29-. The molecule has 0 aromatic rings. The van der Waals surface area contributed by atoms with Crippen molar-refractivity contribution >= 4 is 19.8 Å². The lowest BCUT2D eigenvalue weighted by molar-refractivity contribution is -0.161. The van der Waals surface area contributed by atoms with Gasteiger partial charge in [0.15, 0.2) is 6.10 Å². The van der Waals surface area contributed by atoms with E-state index in [0.29, 0.717) is 6.42 Å². The second kappa shape index (κ2) is 67.8. The van der Waals surface area contributed by atoms with Crippen molar-refractivity contribution in [1.82, 2.24) is 0 Å². The largest absolute Gasteiger partial charge is 0.472 e. The van der Waals surface area contributed by atoms with Gasteiger partial charge in [-0.1, -0.05) is 309 Å². The van der Waals surface area contributed by atoms with E-state index in [4.69, 9.17) is 24.3 Å². The Labute approximate surface area is 511 Å². The van der Waals surface area contributed by atoms with Crippen LogP contribution in [-0.4, -0.2) is 49.3 Å². The van der Waals surface area contributed by atoms with Crippen molar-refractivity contribution in [3.05, 3.63) is 109 Å². The van der Waals surface area contributed by atoms with Gasteiger partial charge in [-0.2, -0.15) is 0 Å². The Bertz CT molecular complexity index is 1730. The molecule has 9 nitrogen and oxygen atoms in total. The van der Waals surface area contributed by atoms with Crippen LogP contribution in [0.1, 0.15) is 309 Å². The number of carbonyl (C=O) groups excluding carboxylic acids is 2. The minimum absolute atomic E-state index is 0.0512. The molecule has 0 heterocycles. The summed E-state index contributed by atoms with van der Waals surface area (Å²) in [7, 11) is -4.40. The van der Waals surface area contributed by atoms with Crippen LogP contribution in [0.25, 0.3) is 0 Å². The van der Waals surface area contributed by atoms with Crippen LogP contribution in [0.5, 0.6) is 0 Å². The molecule has 0 aromatic carbocycles. The molecule has 478 valence electrons. The molecule has 0 aliphatic rings. The Morgan fingerprint density at radius 2 is 0.627 bits per heavy atom. The lowest BCUT2D eigenvalue weighted by Gasteiger charge is -2.19. The molecule has 2 atom stereocenters. The van der Waals surface area contributed by atoms with E-state index in [0.717, 1.165) is 96.3 Å². The van der Waals surface area contributed by atoms with Gasteiger partial charge in [0.05, 0.1) is 13.2 Å². The predicted octanol–water partition coefficient (Wildman–Crippen LogP) is 22.5. The molecule has 0 aromatic heterocycles. The zero-order chi connectivity index (χ0) is 60.1. The topological polar surface area (TPSA) is 134 Å². The van der Waals surface area contributed by atoms with Crippen LogP contribution >= 0.6 is 7.82 Å². The van der Waals surface area contributed by atoms with Gasteiger partial charge in [0.2, 0.25) is 0 Å². The normalized spacial score (nSPS) is 13.6.